The van der Waals surface area contributed by atoms with E-state index < -0.39 is 40.0 Å². The van der Waals surface area contributed by atoms with E-state index in [0.29, 0.717) is 17.9 Å². The van der Waals surface area contributed by atoms with E-state index in [1.807, 2.05) is 0 Å². The minimum absolute atomic E-state index is 0.141. The van der Waals surface area contributed by atoms with Crippen molar-refractivity contribution in [3.05, 3.63) is 0 Å². The fourth-order valence-corrected chi connectivity index (χ4v) is 2.76. The number of hydroxylamine groups is 3. The first-order valence-corrected chi connectivity index (χ1v) is 8.09. The van der Waals surface area contributed by atoms with Crippen LogP contribution >= 0.6 is 0 Å². The van der Waals surface area contributed by atoms with Crippen LogP contribution in [-0.2, 0) is 24.3 Å². The molecule has 2 N–H and O–H groups in total. The van der Waals surface area contributed by atoms with Crippen LogP contribution in [0.2, 0.25) is 0 Å². The van der Waals surface area contributed by atoms with Crippen LogP contribution in [0.15, 0.2) is 0 Å². The van der Waals surface area contributed by atoms with E-state index in [1.54, 1.807) is 20.8 Å². The van der Waals surface area contributed by atoms with E-state index >= 15 is 0 Å². The highest BCUT2D eigenvalue weighted by atomic mass is 32.3. The molecule has 0 spiro atoms. The van der Waals surface area contributed by atoms with Crippen LogP contribution in [0.5, 0.6) is 0 Å². The van der Waals surface area contributed by atoms with E-state index in [9.17, 15) is 18.0 Å². The Balaban J connectivity index is 2.04. The lowest BCUT2D eigenvalue weighted by Crippen LogP contribution is -2.51. The van der Waals surface area contributed by atoms with Crippen molar-refractivity contribution < 1.29 is 31.7 Å². The van der Waals surface area contributed by atoms with Gasteiger partial charge < -0.3 is 4.90 Å². The number of rotatable bonds is 4. The van der Waals surface area contributed by atoms with Crippen LogP contribution in [0.3, 0.4) is 0 Å². The predicted octanol–water partition coefficient (Wildman–Crippen LogP) is -0.164. The minimum atomic E-state index is -4.79. The zero-order valence-electron chi connectivity index (χ0n) is 12.5. The van der Waals surface area contributed by atoms with Crippen molar-refractivity contribution in [2.24, 2.45) is 0 Å². The second kappa shape index (κ2) is 5.65. The van der Waals surface area contributed by atoms with Gasteiger partial charge in [0.1, 0.15) is 6.04 Å². The van der Waals surface area contributed by atoms with Gasteiger partial charge in [0.05, 0.1) is 11.6 Å². The standard InChI is InChI=1S/C11H19N3O7S/c1-11(2,3)20-12-9(15)8-5-4-7-6-13(8)10(16)14(7)21-22(17,18)19/h7-8H,4-6H2,1-3H3,(H,12,15)(H,17,18,19)/t7?,8-/m0/s1. The normalized spacial score (nSPS) is 25.5. The molecule has 2 atom stereocenters. The van der Waals surface area contributed by atoms with Gasteiger partial charge in [-0.2, -0.15) is 13.5 Å². The van der Waals surface area contributed by atoms with Crippen molar-refractivity contribution in [3.63, 3.8) is 0 Å². The van der Waals surface area contributed by atoms with E-state index in [-0.39, 0.29) is 6.54 Å². The van der Waals surface area contributed by atoms with Gasteiger partial charge in [0, 0.05) is 6.54 Å². The Morgan fingerprint density at radius 1 is 1.36 bits per heavy atom. The summed E-state index contributed by atoms with van der Waals surface area (Å²) in [6.07, 6.45) is 0.701. The minimum Gasteiger partial charge on any atom is -0.309 e. The molecule has 3 amide bonds. The van der Waals surface area contributed by atoms with E-state index in [4.69, 9.17) is 9.39 Å². The number of piperidine rings is 1. The molecule has 2 aliphatic rings. The maximum absolute atomic E-state index is 12.1. The smallest absolute Gasteiger partial charge is 0.309 e. The molecule has 0 aromatic carbocycles. The molecule has 0 aromatic rings. The fourth-order valence-electron chi connectivity index (χ4n) is 2.38. The summed E-state index contributed by atoms with van der Waals surface area (Å²) in [6.45, 7) is 5.41. The number of fused-ring (bicyclic) bond motifs is 2. The van der Waals surface area contributed by atoms with E-state index in [1.165, 1.54) is 4.90 Å². The highest BCUT2D eigenvalue weighted by Crippen LogP contribution is 2.30. The highest BCUT2D eigenvalue weighted by Gasteiger charge is 2.49. The third kappa shape index (κ3) is 3.85. The summed E-state index contributed by atoms with van der Waals surface area (Å²) in [5.74, 6) is -0.490. The summed E-state index contributed by atoms with van der Waals surface area (Å²) in [7, 11) is -4.79. The van der Waals surface area contributed by atoms with Crippen molar-refractivity contribution in [1.29, 1.82) is 0 Å². The van der Waals surface area contributed by atoms with Crippen LogP contribution in [-0.4, -0.2) is 59.1 Å². The Labute approximate surface area is 128 Å². The molecule has 11 heteroatoms. The number of urea groups is 1. The van der Waals surface area contributed by atoms with Crippen LogP contribution in [0, 0.1) is 0 Å². The van der Waals surface area contributed by atoms with Crippen molar-refractivity contribution in [2.75, 3.05) is 6.54 Å². The number of amides is 3. The Morgan fingerprint density at radius 3 is 2.55 bits per heavy atom. The van der Waals surface area contributed by atoms with Crippen LogP contribution in [0.4, 0.5) is 4.79 Å². The topological polar surface area (TPSA) is 125 Å². The molecule has 2 saturated heterocycles. The van der Waals surface area contributed by atoms with Gasteiger partial charge in [-0.15, -0.1) is 4.28 Å². The molecule has 2 aliphatic heterocycles. The number of hydrogen-bond donors (Lipinski definition) is 2. The SMILES string of the molecule is CC(C)(C)ONC(=O)[C@@H]1CCC2CN1C(=O)N2OS(=O)(=O)O. The third-order valence-electron chi connectivity index (χ3n) is 3.26. The van der Waals surface area contributed by atoms with Gasteiger partial charge in [-0.25, -0.2) is 10.3 Å². The monoisotopic (exact) mass is 337 g/mol. The molecule has 0 aliphatic carbocycles. The first-order chi connectivity index (χ1) is 9.98. The lowest BCUT2D eigenvalue weighted by Gasteiger charge is -2.30. The molecular weight excluding hydrogens is 318 g/mol. The van der Waals surface area contributed by atoms with Crippen molar-refractivity contribution in [3.8, 4) is 0 Å². The lowest BCUT2D eigenvalue weighted by atomic mass is 10.0. The summed E-state index contributed by atoms with van der Waals surface area (Å²) in [5, 5.41) is 0.591. The van der Waals surface area contributed by atoms with E-state index in [0.717, 1.165) is 0 Å². The van der Waals surface area contributed by atoms with Gasteiger partial charge >= 0.3 is 16.4 Å². The predicted molar refractivity (Wildman–Crippen MR) is 72.4 cm³/mol. The van der Waals surface area contributed by atoms with Crippen molar-refractivity contribution in [2.45, 2.75) is 51.3 Å². The number of carbonyl (C=O) groups is 2. The molecule has 0 aromatic heterocycles. The van der Waals surface area contributed by atoms with E-state index in [2.05, 4.69) is 9.76 Å². The summed E-state index contributed by atoms with van der Waals surface area (Å²) in [4.78, 5) is 30.6. The van der Waals surface area contributed by atoms with Crippen LogP contribution in [0.25, 0.3) is 0 Å². The zero-order valence-corrected chi connectivity index (χ0v) is 13.3. The number of nitrogens with zero attached hydrogens (tertiary/aromatic N) is 2. The van der Waals surface area contributed by atoms with Gasteiger partial charge in [-0.1, -0.05) is 0 Å². The molecule has 126 valence electrons. The number of hydrogen-bond acceptors (Lipinski definition) is 6. The molecule has 0 saturated carbocycles. The largest absolute Gasteiger partial charge is 0.418 e. The first kappa shape index (κ1) is 16.9. The second-order valence-corrected chi connectivity index (χ2v) is 7.20. The molecule has 2 rings (SSSR count). The molecule has 2 heterocycles. The molecule has 0 radical (unpaired) electrons. The Kier molecular flexibility index (Phi) is 4.35. The molecular formula is C11H19N3O7S. The maximum atomic E-state index is 12.1. The summed E-state index contributed by atoms with van der Waals surface area (Å²) in [6, 6.07) is -2.08. The zero-order chi connectivity index (χ0) is 16.7. The fraction of sp³-hybridized carbons (Fsp3) is 0.818. The summed E-state index contributed by atoms with van der Waals surface area (Å²) >= 11 is 0. The molecule has 2 fully saturated rings. The number of carbonyl (C=O) groups excluding carboxylic acids is 2. The van der Waals surface area contributed by atoms with Gasteiger partial charge in [0.25, 0.3) is 5.91 Å². The first-order valence-electron chi connectivity index (χ1n) is 6.72. The van der Waals surface area contributed by atoms with Crippen molar-refractivity contribution >= 4 is 22.3 Å². The Bertz CT molecular complexity index is 571. The van der Waals surface area contributed by atoms with Crippen LogP contribution < -0.4 is 5.48 Å². The quantitative estimate of drug-likeness (QED) is 0.539. The average Bonchev–Trinajstić information content (AvgIpc) is 2.59. The third-order valence-corrected chi connectivity index (χ3v) is 3.61. The van der Waals surface area contributed by atoms with Crippen LogP contribution in [0.1, 0.15) is 33.6 Å². The average molecular weight is 337 g/mol. The molecule has 22 heavy (non-hydrogen) atoms. The summed E-state index contributed by atoms with van der Waals surface area (Å²) < 4.78 is 34.5. The lowest BCUT2D eigenvalue weighted by molar-refractivity contribution is -0.150. The van der Waals surface area contributed by atoms with Gasteiger partial charge in [0.2, 0.25) is 0 Å². The Morgan fingerprint density at radius 2 is 2.00 bits per heavy atom. The van der Waals surface area contributed by atoms with Gasteiger partial charge in [0.15, 0.2) is 0 Å². The maximum Gasteiger partial charge on any atom is 0.418 e. The molecule has 10 nitrogen and oxygen atoms in total. The number of nitrogens with one attached hydrogen (secondary N) is 1. The second-order valence-electron chi connectivity index (χ2n) is 6.19. The van der Waals surface area contributed by atoms with Gasteiger partial charge in [-0.3, -0.25) is 14.2 Å². The molecule has 1 unspecified atom stereocenters. The Hall–Kier alpha value is -1.43. The molecule has 2 bridgehead atoms. The van der Waals surface area contributed by atoms with Crippen molar-refractivity contribution in [1.82, 2.24) is 15.4 Å². The van der Waals surface area contributed by atoms with Gasteiger partial charge in [-0.05, 0) is 33.6 Å². The summed E-state index contributed by atoms with van der Waals surface area (Å²) in [5.41, 5.74) is 1.72. The highest BCUT2D eigenvalue weighted by molar-refractivity contribution is 7.80.